The predicted molar refractivity (Wildman–Crippen MR) is 67.9 cm³/mol. The highest BCUT2D eigenvalue weighted by Gasteiger charge is 2.12. The van der Waals surface area contributed by atoms with Gasteiger partial charge in [-0.1, -0.05) is 6.92 Å². The molecule has 1 atom stereocenters. The lowest BCUT2D eigenvalue weighted by atomic mass is 10.2. The molecule has 0 aliphatic rings. The minimum atomic E-state index is 0.391. The van der Waals surface area contributed by atoms with Crippen LogP contribution >= 0.6 is 31.9 Å². The number of hydrogen-bond acceptors (Lipinski definition) is 2. The maximum atomic E-state index is 4.38. The average Bonchev–Trinajstić information content (AvgIpc) is 2.60. The van der Waals surface area contributed by atoms with E-state index in [0.29, 0.717) is 6.04 Å². The molecule has 0 radical (unpaired) electrons. The maximum absolute atomic E-state index is 4.38. The Morgan fingerprint density at radius 3 is 2.87 bits per heavy atom. The van der Waals surface area contributed by atoms with E-state index in [9.17, 15) is 0 Å². The third kappa shape index (κ3) is 1.95. The molecule has 2 rings (SSSR count). The van der Waals surface area contributed by atoms with E-state index in [0.717, 1.165) is 26.5 Å². The Kier molecular flexibility index (Phi) is 3.11. The van der Waals surface area contributed by atoms with Crippen molar-refractivity contribution in [1.82, 2.24) is 14.8 Å². The Hall–Kier alpha value is -0.420. The summed E-state index contributed by atoms with van der Waals surface area (Å²) in [7, 11) is 0. The van der Waals surface area contributed by atoms with Gasteiger partial charge in [-0.15, -0.1) is 0 Å². The first kappa shape index (κ1) is 11.1. The molecule has 5 heteroatoms. The Bertz CT molecular complexity index is 493. The van der Waals surface area contributed by atoms with Crippen LogP contribution in [0.5, 0.6) is 0 Å². The van der Waals surface area contributed by atoms with E-state index in [4.69, 9.17) is 0 Å². The number of nitrogens with zero attached hydrogens (tertiary/aromatic N) is 3. The van der Waals surface area contributed by atoms with Gasteiger partial charge in [-0.05, 0) is 51.3 Å². The summed E-state index contributed by atoms with van der Waals surface area (Å²) in [5.41, 5.74) is 1.98. The molecule has 0 saturated heterocycles. The molecule has 80 valence electrons. The first-order chi connectivity index (χ1) is 7.13. The second-order valence-corrected chi connectivity index (χ2v) is 5.17. The van der Waals surface area contributed by atoms with E-state index in [2.05, 4.69) is 55.8 Å². The lowest BCUT2D eigenvalue weighted by Crippen LogP contribution is -2.05. The molecular weight excluding hydrogens is 322 g/mol. The highest BCUT2D eigenvalue weighted by Crippen LogP contribution is 2.28. The van der Waals surface area contributed by atoms with Gasteiger partial charge < -0.3 is 0 Å². The number of aromatic nitrogens is 3. The van der Waals surface area contributed by atoms with Crippen LogP contribution in [0.4, 0.5) is 0 Å². The zero-order chi connectivity index (χ0) is 11.0. The van der Waals surface area contributed by atoms with Crippen LogP contribution in [0.25, 0.3) is 11.0 Å². The topological polar surface area (TPSA) is 30.7 Å². The molecule has 0 unspecified atom stereocenters. The molecule has 0 N–H and O–H groups in total. The summed E-state index contributed by atoms with van der Waals surface area (Å²) >= 11 is 6.91. The number of hydrogen-bond donors (Lipinski definition) is 0. The summed E-state index contributed by atoms with van der Waals surface area (Å²) in [6.07, 6.45) is 2.86. The van der Waals surface area contributed by atoms with Crippen LogP contribution in [0.2, 0.25) is 0 Å². The molecule has 2 heterocycles. The maximum Gasteiger partial charge on any atom is 0.111 e. The van der Waals surface area contributed by atoms with E-state index in [1.54, 1.807) is 6.20 Å². The van der Waals surface area contributed by atoms with Gasteiger partial charge in [0.25, 0.3) is 0 Å². The highest BCUT2D eigenvalue weighted by atomic mass is 79.9. The summed E-state index contributed by atoms with van der Waals surface area (Å²) in [5.74, 6) is 0. The fraction of sp³-hybridized carbons (Fsp3) is 0.400. The zero-order valence-electron chi connectivity index (χ0n) is 8.54. The van der Waals surface area contributed by atoms with Crippen molar-refractivity contribution in [2.24, 2.45) is 0 Å². The molecule has 0 spiro atoms. The highest BCUT2D eigenvalue weighted by molar-refractivity contribution is 9.11. The first-order valence-corrected chi connectivity index (χ1v) is 6.41. The van der Waals surface area contributed by atoms with E-state index in [-0.39, 0.29) is 0 Å². The van der Waals surface area contributed by atoms with Crippen molar-refractivity contribution in [2.75, 3.05) is 0 Å². The number of pyridine rings is 1. The number of fused-ring (bicyclic) bond motifs is 1. The number of halogens is 2. The second-order valence-electron chi connectivity index (χ2n) is 3.51. The second kappa shape index (κ2) is 4.22. The van der Waals surface area contributed by atoms with Crippen LogP contribution in [0.3, 0.4) is 0 Å². The lowest BCUT2D eigenvalue weighted by Gasteiger charge is -2.11. The third-order valence-electron chi connectivity index (χ3n) is 2.48. The lowest BCUT2D eigenvalue weighted by molar-refractivity contribution is 0.492. The van der Waals surface area contributed by atoms with E-state index < -0.39 is 0 Å². The van der Waals surface area contributed by atoms with Crippen LogP contribution in [0.1, 0.15) is 26.3 Å². The molecule has 2 aromatic heterocycles. The minimum Gasteiger partial charge on any atom is -0.259 e. The Balaban J connectivity index is 2.69. The van der Waals surface area contributed by atoms with Crippen molar-refractivity contribution in [1.29, 1.82) is 0 Å². The van der Waals surface area contributed by atoms with Crippen molar-refractivity contribution in [3.63, 3.8) is 0 Å². The SMILES string of the molecule is CC[C@H](C)n1ncc2nc(Br)cc(Br)c21. The van der Waals surface area contributed by atoms with Crippen molar-refractivity contribution < 1.29 is 0 Å². The molecule has 0 saturated carbocycles. The van der Waals surface area contributed by atoms with Gasteiger partial charge in [0.15, 0.2) is 0 Å². The Morgan fingerprint density at radius 1 is 1.47 bits per heavy atom. The molecule has 0 aliphatic carbocycles. The standard InChI is InChI=1S/C10H11Br2N3/c1-3-6(2)15-10-7(11)4-9(12)14-8(10)5-13-15/h4-6H,3H2,1-2H3/t6-/m0/s1. The Morgan fingerprint density at radius 2 is 2.20 bits per heavy atom. The van der Waals surface area contributed by atoms with Crippen molar-refractivity contribution in [3.05, 3.63) is 21.3 Å². The summed E-state index contributed by atoms with van der Waals surface area (Å²) < 4.78 is 3.86. The normalized spacial score (nSPS) is 13.3. The molecule has 3 nitrogen and oxygen atoms in total. The van der Waals surface area contributed by atoms with Gasteiger partial charge in [0.2, 0.25) is 0 Å². The summed E-state index contributed by atoms with van der Waals surface area (Å²) in [6, 6.07) is 2.34. The van der Waals surface area contributed by atoms with E-state index >= 15 is 0 Å². The molecule has 0 aromatic carbocycles. The monoisotopic (exact) mass is 331 g/mol. The fourth-order valence-corrected chi connectivity index (χ4v) is 2.82. The third-order valence-corrected chi connectivity index (χ3v) is 3.49. The van der Waals surface area contributed by atoms with Gasteiger partial charge in [-0.3, -0.25) is 4.68 Å². The van der Waals surface area contributed by atoms with Crippen molar-refractivity contribution in [3.8, 4) is 0 Å². The van der Waals surface area contributed by atoms with Crippen LogP contribution in [-0.4, -0.2) is 14.8 Å². The van der Waals surface area contributed by atoms with Crippen LogP contribution < -0.4 is 0 Å². The van der Waals surface area contributed by atoms with Crippen molar-refractivity contribution >= 4 is 42.9 Å². The van der Waals surface area contributed by atoms with Gasteiger partial charge >= 0.3 is 0 Å². The smallest absolute Gasteiger partial charge is 0.111 e. The average molecular weight is 333 g/mol. The molecule has 0 aliphatic heterocycles. The van der Waals surface area contributed by atoms with Gasteiger partial charge in [-0.25, -0.2) is 4.98 Å². The van der Waals surface area contributed by atoms with Gasteiger partial charge in [0, 0.05) is 10.5 Å². The minimum absolute atomic E-state index is 0.391. The molecule has 0 amide bonds. The van der Waals surface area contributed by atoms with Crippen LogP contribution in [-0.2, 0) is 0 Å². The number of rotatable bonds is 2. The summed E-state index contributed by atoms with van der Waals surface area (Å²) in [5, 5.41) is 4.37. The zero-order valence-corrected chi connectivity index (χ0v) is 11.7. The molecule has 0 bridgehead atoms. The largest absolute Gasteiger partial charge is 0.259 e. The quantitative estimate of drug-likeness (QED) is 0.780. The first-order valence-electron chi connectivity index (χ1n) is 4.82. The summed E-state index contributed by atoms with van der Waals surface area (Å²) in [6.45, 7) is 4.30. The molecule has 2 aromatic rings. The van der Waals surface area contributed by atoms with Crippen LogP contribution in [0, 0.1) is 0 Å². The van der Waals surface area contributed by atoms with Gasteiger partial charge in [0.05, 0.1) is 6.20 Å². The summed E-state index contributed by atoms with van der Waals surface area (Å²) in [4.78, 5) is 4.38. The van der Waals surface area contributed by atoms with E-state index in [1.807, 2.05) is 10.7 Å². The predicted octanol–water partition coefficient (Wildman–Crippen LogP) is 3.93. The van der Waals surface area contributed by atoms with Gasteiger partial charge in [-0.2, -0.15) is 5.10 Å². The molecule has 0 fully saturated rings. The Labute approximate surface area is 105 Å². The van der Waals surface area contributed by atoms with E-state index in [1.165, 1.54) is 0 Å². The molecular formula is C10H11Br2N3. The molecule has 15 heavy (non-hydrogen) atoms. The fourth-order valence-electron chi connectivity index (χ4n) is 1.49. The van der Waals surface area contributed by atoms with Crippen molar-refractivity contribution in [2.45, 2.75) is 26.3 Å². The van der Waals surface area contributed by atoms with Crippen LogP contribution in [0.15, 0.2) is 21.3 Å². The van der Waals surface area contributed by atoms with Gasteiger partial charge in [0.1, 0.15) is 15.6 Å².